The van der Waals surface area contributed by atoms with Gasteiger partial charge in [0.15, 0.2) is 0 Å². The van der Waals surface area contributed by atoms with E-state index in [2.05, 4.69) is 24.3 Å². The maximum Gasteiger partial charge on any atom is 0.316 e. The number of carbonyl (C=O) groups excluding carboxylic acids is 4. The van der Waals surface area contributed by atoms with E-state index in [0.717, 1.165) is 27.8 Å². The van der Waals surface area contributed by atoms with Gasteiger partial charge in [0.2, 0.25) is 17.7 Å². The Balaban J connectivity index is 1.06. The first-order valence-corrected chi connectivity index (χ1v) is 15.1. The van der Waals surface area contributed by atoms with Gasteiger partial charge < -0.3 is 9.64 Å². The average molecular weight is 603 g/mol. The van der Waals surface area contributed by atoms with Crippen molar-refractivity contribution in [3.05, 3.63) is 124 Å². The molecule has 2 fully saturated rings. The van der Waals surface area contributed by atoms with Gasteiger partial charge in [-0.15, -0.1) is 0 Å². The normalized spacial score (nSPS) is 24.8. The predicted molar refractivity (Wildman–Crippen MR) is 165 cm³/mol. The molecular formula is C36H27ClN2O5. The second kappa shape index (κ2) is 9.89. The largest absolute Gasteiger partial charge is 0.426 e. The van der Waals surface area contributed by atoms with Gasteiger partial charge in [-0.05, 0) is 59.0 Å². The van der Waals surface area contributed by atoms with Gasteiger partial charge in [-0.1, -0.05) is 72.3 Å². The Morgan fingerprint density at radius 2 is 1.34 bits per heavy atom. The molecule has 0 unspecified atom stereocenters. The van der Waals surface area contributed by atoms with Crippen molar-refractivity contribution >= 4 is 46.7 Å². The molecule has 0 saturated carbocycles. The fraction of sp³-hybridized carbons (Fsp3) is 0.222. The number of benzene rings is 4. The summed E-state index contributed by atoms with van der Waals surface area (Å²) in [4.78, 5) is 57.1. The molecule has 2 aliphatic heterocycles. The summed E-state index contributed by atoms with van der Waals surface area (Å²) in [6.45, 7) is 2.01. The van der Waals surface area contributed by atoms with E-state index in [-0.39, 0.29) is 48.3 Å². The van der Waals surface area contributed by atoms with Crippen LogP contribution in [0.3, 0.4) is 0 Å². The number of hydrogen-bond acceptors (Lipinski definition) is 5. The number of hydrogen-bond donors (Lipinski definition) is 0. The first kappa shape index (κ1) is 26.8. The summed E-state index contributed by atoms with van der Waals surface area (Å²) in [7, 11) is 0. The molecule has 218 valence electrons. The fourth-order valence-electron chi connectivity index (χ4n) is 7.80. The highest BCUT2D eigenvalue weighted by Gasteiger charge is 2.61. The molecule has 3 amide bonds. The number of carbonyl (C=O) groups is 4. The maximum atomic E-state index is 14.1. The lowest BCUT2D eigenvalue weighted by atomic mass is 9.55. The number of anilines is 2. The van der Waals surface area contributed by atoms with Crippen LogP contribution in [-0.4, -0.2) is 30.2 Å². The molecule has 4 aromatic rings. The van der Waals surface area contributed by atoms with Gasteiger partial charge in [-0.3, -0.25) is 19.2 Å². The Bertz CT molecular complexity index is 1800. The van der Waals surface area contributed by atoms with Crippen LogP contribution in [0.5, 0.6) is 5.75 Å². The predicted octanol–water partition coefficient (Wildman–Crippen LogP) is 6.00. The number of nitrogens with zero attached hydrogens (tertiary/aromatic N) is 2. The Morgan fingerprint density at radius 3 is 1.93 bits per heavy atom. The van der Waals surface area contributed by atoms with Crippen molar-refractivity contribution in [3.63, 3.8) is 0 Å². The summed E-state index contributed by atoms with van der Waals surface area (Å²) in [5.74, 6) is -3.09. The van der Waals surface area contributed by atoms with Gasteiger partial charge in [-0.2, -0.15) is 0 Å². The maximum absolute atomic E-state index is 14.1. The Labute approximate surface area is 259 Å². The van der Waals surface area contributed by atoms with Gasteiger partial charge in [0.25, 0.3) is 0 Å². The van der Waals surface area contributed by atoms with E-state index in [0.29, 0.717) is 16.4 Å². The molecule has 8 heteroatoms. The monoisotopic (exact) mass is 602 g/mol. The standard InChI is InChI=1S/C36H27ClN2O5/c1-19-27(37)14-7-15-28(19)38-18-20(16-29(38)40)36(43)44-22-9-6-8-21(17-22)39-34(41)32-30-23-10-2-3-11-24(23)31(33(32)35(39)42)26-13-5-4-12-25(26)30/h2-15,17,20,30-33H,16,18H2,1H3/t20-,30?,31?,32+,33+/m1/s1. The highest BCUT2D eigenvalue weighted by molar-refractivity contribution is 6.31. The number of halogens is 1. The molecule has 44 heavy (non-hydrogen) atoms. The molecule has 0 aromatic heterocycles. The zero-order valence-electron chi connectivity index (χ0n) is 23.8. The lowest BCUT2D eigenvalue weighted by Crippen LogP contribution is -2.41. The third kappa shape index (κ3) is 3.82. The van der Waals surface area contributed by atoms with Crippen LogP contribution in [0.1, 0.15) is 46.1 Å². The summed E-state index contributed by atoms with van der Waals surface area (Å²) in [5, 5.41) is 0.546. The Kier molecular flexibility index (Phi) is 6.04. The highest BCUT2D eigenvalue weighted by atomic mass is 35.5. The second-order valence-corrected chi connectivity index (χ2v) is 12.4. The molecule has 0 spiro atoms. The topological polar surface area (TPSA) is 84.0 Å². The molecular weight excluding hydrogens is 576 g/mol. The van der Waals surface area contributed by atoms with Crippen molar-refractivity contribution in [2.45, 2.75) is 25.2 Å². The van der Waals surface area contributed by atoms with E-state index in [4.69, 9.17) is 16.3 Å². The fourth-order valence-corrected chi connectivity index (χ4v) is 7.97. The first-order valence-electron chi connectivity index (χ1n) is 14.8. The van der Waals surface area contributed by atoms with Crippen LogP contribution in [0.2, 0.25) is 5.02 Å². The summed E-state index contributed by atoms with van der Waals surface area (Å²) < 4.78 is 5.74. The summed E-state index contributed by atoms with van der Waals surface area (Å²) in [6.07, 6.45) is 0.0147. The van der Waals surface area contributed by atoms with Crippen LogP contribution in [0.15, 0.2) is 91.0 Å². The van der Waals surface area contributed by atoms with E-state index < -0.39 is 23.7 Å². The Hall–Kier alpha value is -4.75. The van der Waals surface area contributed by atoms with E-state index in [9.17, 15) is 19.2 Å². The molecule has 5 aliphatic rings. The first-order chi connectivity index (χ1) is 21.3. The van der Waals surface area contributed by atoms with Crippen LogP contribution in [-0.2, 0) is 19.2 Å². The lowest BCUT2D eigenvalue weighted by molar-refractivity contribution is -0.139. The third-order valence-corrected chi connectivity index (χ3v) is 10.1. The van der Waals surface area contributed by atoms with Crippen LogP contribution >= 0.6 is 11.6 Å². The average Bonchev–Trinajstić information content (AvgIpc) is 3.55. The minimum Gasteiger partial charge on any atom is -0.426 e. The van der Waals surface area contributed by atoms with Gasteiger partial charge in [-0.25, -0.2) is 4.90 Å². The van der Waals surface area contributed by atoms with Gasteiger partial charge in [0, 0.05) is 41.6 Å². The van der Waals surface area contributed by atoms with Gasteiger partial charge in [0.1, 0.15) is 5.75 Å². The SMILES string of the molecule is Cc1c(Cl)cccc1N1C[C@H](C(=O)Oc2cccc(N3C(=O)[C@H]4C5c6ccccc6C(c6ccccc65)[C@@H]4C3=O)c2)CC1=O. The summed E-state index contributed by atoms with van der Waals surface area (Å²) in [6, 6.07) is 28.1. The summed E-state index contributed by atoms with van der Waals surface area (Å²) >= 11 is 6.26. The molecule has 0 radical (unpaired) electrons. The zero-order valence-corrected chi connectivity index (χ0v) is 24.5. The third-order valence-electron chi connectivity index (χ3n) is 9.73. The van der Waals surface area contributed by atoms with Crippen molar-refractivity contribution in [3.8, 4) is 5.75 Å². The lowest BCUT2D eigenvalue weighted by Gasteiger charge is -2.45. The molecule has 2 bridgehead atoms. The van der Waals surface area contributed by atoms with E-state index >= 15 is 0 Å². The quantitative estimate of drug-likeness (QED) is 0.162. The second-order valence-electron chi connectivity index (χ2n) is 12.0. The minimum atomic E-state index is -0.671. The molecule has 0 N–H and O–H groups in total. The van der Waals surface area contributed by atoms with E-state index in [1.165, 1.54) is 4.90 Å². The number of amides is 3. The molecule has 4 aromatic carbocycles. The van der Waals surface area contributed by atoms with E-state index in [1.54, 1.807) is 47.4 Å². The molecule has 2 saturated heterocycles. The van der Waals surface area contributed by atoms with Gasteiger partial charge in [0.05, 0.1) is 23.4 Å². The number of esters is 1. The minimum absolute atomic E-state index is 0.0147. The Morgan fingerprint density at radius 1 is 0.773 bits per heavy atom. The van der Waals surface area contributed by atoms with Crippen LogP contribution < -0.4 is 14.5 Å². The summed E-state index contributed by atoms with van der Waals surface area (Å²) in [5.41, 5.74) is 6.24. The van der Waals surface area contributed by atoms with Crippen molar-refractivity contribution in [1.29, 1.82) is 0 Å². The molecule has 9 rings (SSSR count). The van der Waals surface area contributed by atoms with E-state index in [1.807, 2.05) is 31.2 Å². The van der Waals surface area contributed by atoms with Crippen molar-refractivity contribution in [1.82, 2.24) is 0 Å². The molecule has 3 atom stereocenters. The molecule has 7 nitrogen and oxygen atoms in total. The smallest absolute Gasteiger partial charge is 0.316 e. The molecule has 3 aliphatic carbocycles. The van der Waals surface area contributed by atoms with Crippen molar-refractivity contribution < 1.29 is 23.9 Å². The number of rotatable bonds is 4. The van der Waals surface area contributed by atoms with Crippen molar-refractivity contribution in [2.75, 3.05) is 16.3 Å². The zero-order chi connectivity index (χ0) is 30.3. The number of imide groups is 1. The number of ether oxygens (including phenoxy) is 1. The molecule has 2 heterocycles. The van der Waals surface area contributed by atoms with Gasteiger partial charge >= 0.3 is 5.97 Å². The highest BCUT2D eigenvalue weighted by Crippen LogP contribution is 2.61. The van der Waals surface area contributed by atoms with Crippen LogP contribution in [0, 0.1) is 24.7 Å². The van der Waals surface area contributed by atoms with Crippen molar-refractivity contribution in [2.24, 2.45) is 17.8 Å². The van der Waals surface area contributed by atoms with Crippen LogP contribution in [0.25, 0.3) is 0 Å². The van der Waals surface area contributed by atoms with Crippen LogP contribution in [0.4, 0.5) is 11.4 Å².